The van der Waals surface area contributed by atoms with Gasteiger partial charge in [-0.1, -0.05) is 42.5 Å². The highest BCUT2D eigenvalue weighted by Gasteiger charge is 2.22. The number of rotatable bonds is 5. The summed E-state index contributed by atoms with van der Waals surface area (Å²) >= 11 is 0. The van der Waals surface area contributed by atoms with Crippen molar-refractivity contribution in [2.24, 2.45) is 0 Å². The molecule has 1 aromatic heterocycles. The molecule has 166 valence electrons. The lowest BCUT2D eigenvalue weighted by molar-refractivity contribution is 0.101. The van der Waals surface area contributed by atoms with Gasteiger partial charge in [0.2, 0.25) is 5.95 Å². The summed E-state index contributed by atoms with van der Waals surface area (Å²) in [4.78, 5) is 34.4. The number of ketones is 1. The fourth-order valence-electron chi connectivity index (χ4n) is 4.38. The predicted molar refractivity (Wildman–Crippen MR) is 132 cm³/mol. The Bertz CT molecular complexity index is 1340. The molecule has 0 amide bonds. The molecule has 0 saturated carbocycles. The van der Waals surface area contributed by atoms with E-state index in [1.807, 2.05) is 78.9 Å². The van der Waals surface area contributed by atoms with E-state index in [0.717, 1.165) is 48.5 Å². The number of aromatic nitrogens is 2. The van der Waals surface area contributed by atoms with Crippen LogP contribution in [0.15, 0.2) is 83.7 Å². The number of piperazine rings is 1. The molecule has 2 heterocycles. The zero-order valence-electron chi connectivity index (χ0n) is 18.6. The Morgan fingerprint density at radius 2 is 1.45 bits per heavy atom. The van der Waals surface area contributed by atoms with Crippen molar-refractivity contribution in [2.45, 2.75) is 13.5 Å². The van der Waals surface area contributed by atoms with Crippen molar-refractivity contribution in [1.29, 1.82) is 0 Å². The van der Waals surface area contributed by atoms with Crippen molar-refractivity contribution in [3.05, 3.63) is 100 Å². The molecule has 33 heavy (non-hydrogen) atoms. The minimum absolute atomic E-state index is 0.0123. The van der Waals surface area contributed by atoms with E-state index >= 15 is 0 Å². The molecule has 1 aliphatic rings. The summed E-state index contributed by atoms with van der Waals surface area (Å²) < 4.78 is 1.80. The van der Waals surface area contributed by atoms with E-state index in [2.05, 4.69) is 9.80 Å². The van der Waals surface area contributed by atoms with E-state index in [9.17, 15) is 9.59 Å². The van der Waals surface area contributed by atoms with Crippen molar-refractivity contribution < 1.29 is 4.79 Å². The fourth-order valence-corrected chi connectivity index (χ4v) is 4.38. The summed E-state index contributed by atoms with van der Waals surface area (Å²) in [6.07, 6.45) is 0. The zero-order valence-corrected chi connectivity index (χ0v) is 18.6. The number of para-hydroxylation sites is 1. The van der Waals surface area contributed by atoms with Crippen LogP contribution >= 0.6 is 0 Å². The molecule has 0 bridgehead atoms. The minimum Gasteiger partial charge on any atom is -0.368 e. The van der Waals surface area contributed by atoms with Crippen molar-refractivity contribution in [3.63, 3.8) is 0 Å². The Morgan fingerprint density at radius 3 is 2.15 bits per heavy atom. The first kappa shape index (κ1) is 20.9. The largest absolute Gasteiger partial charge is 0.368 e. The van der Waals surface area contributed by atoms with Crippen LogP contribution in [0, 0.1) is 0 Å². The van der Waals surface area contributed by atoms with Gasteiger partial charge in [0.1, 0.15) is 0 Å². The van der Waals surface area contributed by atoms with Crippen LogP contribution < -0.4 is 15.4 Å². The second-order valence-electron chi connectivity index (χ2n) is 8.38. The van der Waals surface area contributed by atoms with E-state index < -0.39 is 0 Å². The smallest absolute Gasteiger partial charge is 0.263 e. The minimum atomic E-state index is -0.0123. The molecule has 0 aliphatic carbocycles. The third-order valence-electron chi connectivity index (χ3n) is 6.23. The third kappa shape index (κ3) is 4.24. The first-order valence-electron chi connectivity index (χ1n) is 11.2. The number of fused-ring (bicyclic) bond motifs is 1. The Hall–Kier alpha value is -3.93. The standard InChI is InChI=1S/C27H26N4O2/c1-20(32)22-11-13-23(14-12-22)29-15-17-30(18-16-29)27-28-25-10-6-5-9-24(25)26(33)31(27)19-21-7-3-2-4-8-21/h2-14H,15-19H2,1H3. The first-order chi connectivity index (χ1) is 16.1. The van der Waals surface area contributed by atoms with Gasteiger partial charge in [-0.15, -0.1) is 0 Å². The van der Waals surface area contributed by atoms with Crippen LogP contribution in [-0.2, 0) is 6.54 Å². The van der Waals surface area contributed by atoms with Crippen LogP contribution in [0.3, 0.4) is 0 Å². The van der Waals surface area contributed by atoms with Crippen LogP contribution in [0.2, 0.25) is 0 Å². The fraction of sp³-hybridized carbons (Fsp3) is 0.222. The molecular formula is C27H26N4O2. The lowest BCUT2D eigenvalue weighted by atomic mass is 10.1. The molecule has 0 radical (unpaired) electrons. The number of benzene rings is 3. The Labute approximate surface area is 192 Å². The van der Waals surface area contributed by atoms with Gasteiger partial charge in [0.05, 0.1) is 17.4 Å². The molecule has 3 aromatic carbocycles. The number of hydrogen-bond acceptors (Lipinski definition) is 5. The molecule has 0 spiro atoms. The Morgan fingerprint density at radius 1 is 0.818 bits per heavy atom. The van der Waals surface area contributed by atoms with Crippen LogP contribution in [0.5, 0.6) is 0 Å². The van der Waals surface area contributed by atoms with E-state index in [-0.39, 0.29) is 11.3 Å². The average molecular weight is 439 g/mol. The van der Waals surface area contributed by atoms with Gasteiger partial charge in [-0.25, -0.2) is 4.98 Å². The van der Waals surface area contributed by atoms with Crippen molar-refractivity contribution in [1.82, 2.24) is 9.55 Å². The summed E-state index contributed by atoms with van der Waals surface area (Å²) in [6, 6.07) is 25.4. The van der Waals surface area contributed by atoms with Gasteiger partial charge in [-0.05, 0) is 48.9 Å². The summed E-state index contributed by atoms with van der Waals surface area (Å²) in [5.74, 6) is 0.791. The molecule has 5 rings (SSSR count). The molecule has 1 saturated heterocycles. The van der Waals surface area contributed by atoms with Gasteiger partial charge in [-0.2, -0.15) is 0 Å². The number of Topliss-reactive ketones (excluding diaryl/α,β-unsaturated/α-hetero) is 1. The highest BCUT2D eigenvalue weighted by Crippen LogP contribution is 2.22. The topological polar surface area (TPSA) is 58.4 Å². The van der Waals surface area contributed by atoms with Crippen molar-refractivity contribution in [2.75, 3.05) is 36.0 Å². The molecule has 6 heteroatoms. The van der Waals surface area contributed by atoms with Gasteiger partial charge in [0, 0.05) is 37.4 Å². The normalized spacial score (nSPS) is 14.0. The monoisotopic (exact) mass is 438 g/mol. The number of anilines is 2. The number of carbonyl (C=O) groups excluding carboxylic acids is 1. The van der Waals surface area contributed by atoms with E-state index in [4.69, 9.17) is 4.98 Å². The maximum atomic E-state index is 13.4. The molecule has 4 aromatic rings. The van der Waals surface area contributed by atoms with Crippen LogP contribution in [0.1, 0.15) is 22.8 Å². The van der Waals surface area contributed by atoms with Gasteiger partial charge < -0.3 is 9.80 Å². The lowest BCUT2D eigenvalue weighted by Gasteiger charge is -2.37. The molecule has 1 fully saturated rings. The highest BCUT2D eigenvalue weighted by atomic mass is 16.1. The summed E-state index contributed by atoms with van der Waals surface area (Å²) in [6.45, 7) is 5.21. The highest BCUT2D eigenvalue weighted by molar-refractivity contribution is 5.94. The predicted octanol–water partition coefficient (Wildman–Crippen LogP) is 3.97. The van der Waals surface area contributed by atoms with E-state index in [1.54, 1.807) is 11.5 Å². The summed E-state index contributed by atoms with van der Waals surface area (Å²) in [5.41, 5.74) is 3.61. The van der Waals surface area contributed by atoms with Crippen LogP contribution in [0.4, 0.5) is 11.6 Å². The molecular weight excluding hydrogens is 412 g/mol. The average Bonchev–Trinajstić information content (AvgIpc) is 2.86. The maximum absolute atomic E-state index is 13.4. The van der Waals surface area contributed by atoms with Gasteiger partial charge in [0.25, 0.3) is 5.56 Å². The van der Waals surface area contributed by atoms with E-state index in [0.29, 0.717) is 17.9 Å². The third-order valence-corrected chi connectivity index (χ3v) is 6.23. The number of nitrogens with zero attached hydrogens (tertiary/aromatic N) is 4. The number of carbonyl (C=O) groups is 1. The Kier molecular flexibility index (Phi) is 5.65. The van der Waals surface area contributed by atoms with Gasteiger partial charge in [-0.3, -0.25) is 14.2 Å². The molecule has 0 N–H and O–H groups in total. The summed E-state index contributed by atoms with van der Waals surface area (Å²) in [7, 11) is 0. The van der Waals surface area contributed by atoms with Crippen LogP contribution in [0.25, 0.3) is 10.9 Å². The zero-order chi connectivity index (χ0) is 22.8. The lowest BCUT2D eigenvalue weighted by Crippen LogP contribution is -2.48. The molecule has 0 atom stereocenters. The van der Waals surface area contributed by atoms with Gasteiger partial charge >= 0.3 is 0 Å². The second-order valence-corrected chi connectivity index (χ2v) is 8.38. The number of hydrogen-bond donors (Lipinski definition) is 0. The SMILES string of the molecule is CC(=O)c1ccc(N2CCN(c3nc4ccccc4c(=O)n3Cc3ccccc3)CC2)cc1. The summed E-state index contributed by atoms with van der Waals surface area (Å²) in [5, 5.41) is 0.640. The molecule has 1 aliphatic heterocycles. The molecule has 6 nitrogen and oxygen atoms in total. The molecule has 0 unspecified atom stereocenters. The first-order valence-corrected chi connectivity index (χ1v) is 11.2. The van der Waals surface area contributed by atoms with Crippen molar-refractivity contribution >= 4 is 28.3 Å². The quantitative estimate of drug-likeness (QED) is 0.441. The second kappa shape index (κ2) is 8.90. The van der Waals surface area contributed by atoms with E-state index in [1.165, 1.54) is 0 Å². The maximum Gasteiger partial charge on any atom is 0.263 e. The van der Waals surface area contributed by atoms with Gasteiger partial charge in [0.15, 0.2) is 5.78 Å². The van der Waals surface area contributed by atoms with Crippen molar-refractivity contribution in [3.8, 4) is 0 Å². The van der Waals surface area contributed by atoms with Crippen LogP contribution in [-0.4, -0.2) is 41.5 Å². The Balaban J connectivity index is 1.44.